The van der Waals surface area contributed by atoms with E-state index in [2.05, 4.69) is 15.6 Å². The maximum atomic E-state index is 12.3. The molecule has 1 aromatic heterocycles. The number of rotatable bonds is 7. The minimum absolute atomic E-state index is 0.247. The van der Waals surface area contributed by atoms with E-state index in [1.54, 1.807) is 54.9 Å². The van der Waals surface area contributed by atoms with Crippen LogP contribution in [0.15, 0.2) is 79.1 Å². The highest BCUT2D eigenvalue weighted by Gasteiger charge is 2.06. The topological polar surface area (TPSA) is 80.3 Å². The van der Waals surface area contributed by atoms with Crippen LogP contribution in [0.5, 0.6) is 5.75 Å². The fourth-order valence-electron chi connectivity index (χ4n) is 2.64. The van der Waals surface area contributed by atoms with Crippen LogP contribution in [-0.4, -0.2) is 23.4 Å². The molecule has 2 amide bonds. The SMILES string of the molecule is CCOc1ccccc1/C=C/C(=O)Nc1cccc(NC(=O)c2ccncc2)c1. The summed E-state index contributed by atoms with van der Waals surface area (Å²) in [6.45, 7) is 2.46. The van der Waals surface area contributed by atoms with Gasteiger partial charge in [0.2, 0.25) is 5.91 Å². The molecule has 146 valence electrons. The summed E-state index contributed by atoms with van der Waals surface area (Å²) in [5.41, 5.74) is 2.48. The monoisotopic (exact) mass is 387 g/mol. The molecule has 0 saturated carbocycles. The molecule has 6 nitrogen and oxygen atoms in total. The lowest BCUT2D eigenvalue weighted by Gasteiger charge is -2.08. The first-order valence-electron chi connectivity index (χ1n) is 9.18. The smallest absolute Gasteiger partial charge is 0.255 e. The number of ether oxygens (including phenoxy) is 1. The number of carbonyl (C=O) groups excluding carboxylic acids is 2. The highest BCUT2D eigenvalue weighted by molar-refractivity contribution is 6.05. The minimum Gasteiger partial charge on any atom is -0.493 e. The quantitative estimate of drug-likeness (QED) is 0.590. The van der Waals surface area contributed by atoms with E-state index in [0.717, 1.165) is 11.3 Å². The summed E-state index contributed by atoms with van der Waals surface area (Å²) < 4.78 is 5.55. The second-order valence-electron chi connectivity index (χ2n) is 6.06. The van der Waals surface area contributed by atoms with Crippen molar-refractivity contribution in [1.82, 2.24) is 4.98 Å². The first-order valence-corrected chi connectivity index (χ1v) is 9.18. The minimum atomic E-state index is -0.283. The van der Waals surface area contributed by atoms with Gasteiger partial charge in [0, 0.05) is 41.0 Å². The third-order valence-corrected chi connectivity index (χ3v) is 3.96. The summed E-state index contributed by atoms with van der Waals surface area (Å²) in [6.07, 6.45) is 6.26. The average molecular weight is 387 g/mol. The molecule has 0 atom stereocenters. The third-order valence-electron chi connectivity index (χ3n) is 3.96. The Morgan fingerprint density at radius 2 is 1.69 bits per heavy atom. The fourth-order valence-corrected chi connectivity index (χ4v) is 2.64. The van der Waals surface area contributed by atoms with Crippen LogP contribution in [0.2, 0.25) is 0 Å². The zero-order valence-electron chi connectivity index (χ0n) is 16.0. The van der Waals surface area contributed by atoms with Crippen LogP contribution in [-0.2, 0) is 4.79 Å². The largest absolute Gasteiger partial charge is 0.493 e. The van der Waals surface area contributed by atoms with Gasteiger partial charge in [0.25, 0.3) is 5.91 Å². The Bertz CT molecular complexity index is 1020. The lowest BCUT2D eigenvalue weighted by atomic mass is 10.2. The number of carbonyl (C=O) groups is 2. The zero-order valence-corrected chi connectivity index (χ0v) is 16.0. The van der Waals surface area contributed by atoms with Gasteiger partial charge in [0.15, 0.2) is 0 Å². The molecule has 0 unspecified atom stereocenters. The predicted molar refractivity (Wildman–Crippen MR) is 114 cm³/mol. The van der Waals surface area contributed by atoms with Crippen molar-refractivity contribution in [3.05, 3.63) is 90.3 Å². The Balaban J connectivity index is 1.64. The summed E-state index contributed by atoms with van der Waals surface area (Å²) in [4.78, 5) is 28.4. The van der Waals surface area contributed by atoms with Gasteiger partial charge in [-0.3, -0.25) is 14.6 Å². The lowest BCUT2D eigenvalue weighted by Crippen LogP contribution is -2.12. The molecule has 1 heterocycles. The van der Waals surface area contributed by atoms with Crippen molar-refractivity contribution in [2.75, 3.05) is 17.2 Å². The molecule has 0 aliphatic rings. The highest BCUT2D eigenvalue weighted by atomic mass is 16.5. The molecule has 29 heavy (non-hydrogen) atoms. The predicted octanol–water partition coefficient (Wildman–Crippen LogP) is 4.38. The number of nitrogens with zero attached hydrogens (tertiary/aromatic N) is 1. The number of hydrogen-bond acceptors (Lipinski definition) is 4. The van der Waals surface area contributed by atoms with E-state index in [1.807, 2.05) is 31.2 Å². The van der Waals surface area contributed by atoms with Crippen molar-refractivity contribution in [2.45, 2.75) is 6.92 Å². The number of benzene rings is 2. The molecule has 0 bridgehead atoms. The molecule has 2 N–H and O–H groups in total. The molecule has 0 spiro atoms. The van der Waals surface area contributed by atoms with Gasteiger partial charge in [0.1, 0.15) is 5.75 Å². The van der Waals surface area contributed by atoms with Gasteiger partial charge in [-0.15, -0.1) is 0 Å². The number of anilines is 2. The molecule has 2 aromatic carbocycles. The lowest BCUT2D eigenvalue weighted by molar-refractivity contribution is -0.111. The van der Waals surface area contributed by atoms with Crippen LogP contribution in [0.4, 0.5) is 11.4 Å². The summed E-state index contributed by atoms with van der Waals surface area (Å²) in [5, 5.41) is 5.59. The average Bonchev–Trinajstić information content (AvgIpc) is 2.74. The summed E-state index contributed by atoms with van der Waals surface area (Å²) in [5.74, 6) is 0.192. The molecule has 0 saturated heterocycles. The fraction of sp³-hybridized carbons (Fsp3) is 0.0870. The van der Waals surface area contributed by atoms with Crippen molar-refractivity contribution in [2.24, 2.45) is 0 Å². The Hall–Kier alpha value is -3.93. The summed E-state index contributed by atoms with van der Waals surface area (Å²) in [6, 6.07) is 17.7. The van der Waals surface area contributed by atoms with Gasteiger partial charge in [-0.2, -0.15) is 0 Å². The molecule has 0 radical (unpaired) electrons. The Morgan fingerprint density at radius 1 is 0.966 bits per heavy atom. The standard InChI is InChI=1S/C23H21N3O3/c1-2-29-21-9-4-3-6-17(21)10-11-22(27)25-19-7-5-8-20(16-19)26-23(28)18-12-14-24-15-13-18/h3-16H,2H2,1H3,(H,25,27)(H,26,28)/b11-10+. The Kier molecular flexibility index (Phi) is 6.73. The van der Waals surface area contributed by atoms with E-state index < -0.39 is 0 Å². The van der Waals surface area contributed by atoms with Crippen LogP contribution < -0.4 is 15.4 Å². The maximum Gasteiger partial charge on any atom is 0.255 e. The Labute approximate surface area is 169 Å². The van der Waals surface area contributed by atoms with Crippen molar-refractivity contribution in [1.29, 1.82) is 0 Å². The van der Waals surface area contributed by atoms with Crippen LogP contribution in [0.1, 0.15) is 22.8 Å². The number of para-hydroxylation sites is 1. The highest BCUT2D eigenvalue weighted by Crippen LogP contribution is 2.20. The second-order valence-corrected chi connectivity index (χ2v) is 6.06. The molecular formula is C23H21N3O3. The van der Waals surface area contributed by atoms with Crippen LogP contribution >= 0.6 is 0 Å². The van der Waals surface area contributed by atoms with E-state index in [-0.39, 0.29) is 11.8 Å². The van der Waals surface area contributed by atoms with E-state index in [0.29, 0.717) is 23.5 Å². The number of hydrogen-bond donors (Lipinski definition) is 2. The molecule has 0 aliphatic carbocycles. The molecule has 0 fully saturated rings. The van der Waals surface area contributed by atoms with Gasteiger partial charge < -0.3 is 15.4 Å². The van der Waals surface area contributed by atoms with Gasteiger partial charge in [-0.1, -0.05) is 24.3 Å². The zero-order chi connectivity index (χ0) is 20.5. The van der Waals surface area contributed by atoms with E-state index in [1.165, 1.54) is 6.08 Å². The van der Waals surface area contributed by atoms with E-state index in [4.69, 9.17) is 4.74 Å². The summed E-state index contributed by atoms with van der Waals surface area (Å²) in [7, 11) is 0. The van der Waals surface area contributed by atoms with Crippen molar-refractivity contribution in [3.63, 3.8) is 0 Å². The normalized spacial score (nSPS) is 10.5. The number of amides is 2. The Morgan fingerprint density at radius 3 is 2.45 bits per heavy atom. The third kappa shape index (κ3) is 5.77. The number of aromatic nitrogens is 1. The van der Waals surface area contributed by atoms with E-state index in [9.17, 15) is 9.59 Å². The van der Waals surface area contributed by atoms with Crippen molar-refractivity contribution in [3.8, 4) is 5.75 Å². The molecular weight excluding hydrogens is 366 g/mol. The van der Waals surface area contributed by atoms with E-state index >= 15 is 0 Å². The number of pyridine rings is 1. The first-order chi connectivity index (χ1) is 14.2. The van der Waals surface area contributed by atoms with Gasteiger partial charge in [-0.25, -0.2) is 0 Å². The molecule has 3 rings (SSSR count). The molecule has 6 heteroatoms. The van der Waals surface area contributed by atoms with Gasteiger partial charge in [-0.05, 0) is 49.4 Å². The van der Waals surface area contributed by atoms with Crippen molar-refractivity contribution < 1.29 is 14.3 Å². The van der Waals surface area contributed by atoms with Crippen LogP contribution in [0.25, 0.3) is 6.08 Å². The molecule has 0 aliphatic heterocycles. The molecule has 3 aromatic rings. The summed E-state index contributed by atoms with van der Waals surface area (Å²) >= 11 is 0. The number of nitrogens with one attached hydrogen (secondary N) is 2. The van der Waals surface area contributed by atoms with Gasteiger partial charge in [0.05, 0.1) is 6.61 Å². The second kappa shape index (κ2) is 9.85. The van der Waals surface area contributed by atoms with Crippen molar-refractivity contribution >= 4 is 29.3 Å². The maximum absolute atomic E-state index is 12.3. The first kappa shape index (κ1) is 19.8. The van der Waals surface area contributed by atoms with Crippen LogP contribution in [0, 0.1) is 0 Å². The van der Waals surface area contributed by atoms with Crippen LogP contribution in [0.3, 0.4) is 0 Å². The van der Waals surface area contributed by atoms with Gasteiger partial charge >= 0.3 is 0 Å².